The molecule has 0 fully saturated rings. The Kier molecular flexibility index (Phi) is 3.19. The number of benzene rings is 1. The van der Waals surface area contributed by atoms with Gasteiger partial charge >= 0.3 is 0 Å². The van der Waals surface area contributed by atoms with Crippen molar-refractivity contribution in [3.63, 3.8) is 0 Å². The second kappa shape index (κ2) is 5.38. The highest BCUT2D eigenvalue weighted by Gasteiger charge is 2.18. The van der Waals surface area contributed by atoms with Crippen molar-refractivity contribution in [2.75, 3.05) is 5.73 Å². The largest absolute Gasteiger partial charge is 0.368 e. The van der Waals surface area contributed by atoms with E-state index in [0.717, 1.165) is 22.4 Å². The molecule has 24 heavy (non-hydrogen) atoms. The van der Waals surface area contributed by atoms with Gasteiger partial charge in [-0.25, -0.2) is 14.4 Å². The lowest BCUT2D eigenvalue weighted by Gasteiger charge is -2.12. The highest BCUT2D eigenvalue weighted by Crippen LogP contribution is 2.34. The summed E-state index contributed by atoms with van der Waals surface area (Å²) in [6.45, 7) is 1.91. The number of aromatic nitrogens is 5. The van der Waals surface area contributed by atoms with Gasteiger partial charge in [-0.2, -0.15) is 9.61 Å². The molecule has 0 atom stereocenters. The number of nitrogens with zero attached hydrogens (tertiary/aromatic N) is 5. The highest BCUT2D eigenvalue weighted by molar-refractivity contribution is 5.90. The van der Waals surface area contributed by atoms with Crippen molar-refractivity contribution in [1.29, 1.82) is 0 Å². The summed E-state index contributed by atoms with van der Waals surface area (Å²) in [7, 11) is 0. The number of fused-ring (bicyclic) bond motifs is 1. The van der Waals surface area contributed by atoms with Crippen LogP contribution >= 0.6 is 0 Å². The van der Waals surface area contributed by atoms with Gasteiger partial charge < -0.3 is 5.73 Å². The summed E-state index contributed by atoms with van der Waals surface area (Å²) in [5.74, 6) is -0.0899. The minimum atomic E-state index is -0.309. The molecule has 0 spiro atoms. The third kappa shape index (κ3) is 2.26. The summed E-state index contributed by atoms with van der Waals surface area (Å²) in [5.41, 5.74) is 10.5. The second-order valence-electron chi connectivity index (χ2n) is 5.38. The number of halogens is 1. The maximum Gasteiger partial charge on any atom is 0.223 e. The predicted molar refractivity (Wildman–Crippen MR) is 88.6 cm³/mol. The molecule has 7 heteroatoms. The summed E-state index contributed by atoms with van der Waals surface area (Å²) in [4.78, 5) is 13.0. The van der Waals surface area contributed by atoms with E-state index in [1.807, 2.05) is 19.1 Å². The van der Waals surface area contributed by atoms with E-state index < -0.39 is 0 Å². The smallest absolute Gasteiger partial charge is 0.223 e. The van der Waals surface area contributed by atoms with Crippen LogP contribution in [-0.2, 0) is 0 Å². The van der Waals surface area contributed by atoms with Crippen LogP contribution in [0.1, 0.15) is 5.69 Å². The van der Waals surface area contributed by atoms with E-state index in [1.165, 1.54) is 23.0 Å². The van der Waals surface area contributed by atoms with E-state index in [-0.39, 0.29) is 11.8 Å². The van der Waals surface area contributed by atoms with Crippen LogP contribution in [0.25, 0.3) is 28.0 Å². The number of rotatable bonds is 2. The van der Waals surface area contributed by atoms with Crippen LogP contribution < -0.4 is 5.73 Å². The van der Waals surface area contributed by atoms with Gasteiger partial charge in [0.2, 0.25) is 5.95 Å². The fraction of sp³-hybridized carbons (Fsp3) is 0.0588. The first-order valence-corrected chi connectivity index (χ1v) is 7.31. The molecule has 0 aliphatic carbocycles. The van der Waals surface area contributed by atoms with E-state index in [1.54, 1.807) is 18.3 Å². The lowest BCUT2D eigenvalue weighted by Crippen LogP contribution is -2.06. The Labute approximate surface area is 136 Å². The Morgan fingerprint density at radius 3 is 2.58 bits per heavy atom. The average Bonchev–Trinajstić information content (AvgIpc) is 3.05. The standard InChI is InChI=1S/C17H13FN6/c1-10-8-12(6-7-20-10)14-15(11-2-4-13(18)5-3-11)23-17(19)24-16(14)21-9-22-24/h2-9H,1H3,(H2,19,23). The van der Waals surface area contributed by atoms with Crippen molar-refractivity contribution in [2.45, 2.75) is 6.92 Å². The molecule has 0 amide bonds. The van der Waals surface area contributed by atoms with Gasteiger partial charge in [-0.05, 0) is 48.9 Å². The molecule has 2 N–H and O–H groups in total. The molecule has 0 aliphatic heterocycles. The summed E-state index contributed by atoms with van der Waals surface area (Å²) in [5, 5.41) is 4.12. The van der Waals surface area contributed by atoms with Gasteiger partial charge in [-0.3, -0.25) is 4.98 Å². The quantitative estimate of drug-likeness (QED) is 0.614. The number of nitrogen functional groups attached to an aromatic ring is 1. The van der Waals surface area contributed by atoms with E-state index in [9.17, 15) is 4.39 Å². The number of hydrogen-bond donors (Lipinski definition) is 1. The number of nitrogens with two attached hydrogens (primary N) is 1. The van der Waals surface area contributed by atoms with Gasteiger partial charge in [0.15, 0.2) is 5.65 Å². The molecule has 0 aliphatic rings. The first-order valence-electron chi connectivity index (χ1n) is 7.31. The van der Waals surface area contributed by atoms with Crippen molar-refractivity contribution in [3.05, 3.63) is 60.4 Å². The number of hydrogen-bond acceptors (Lipinski definition) is 5. The molecule has 3 aromatic heterocycles. The van der Waals surface area contributed by atoms with E-state index in [4.69, 9.17) is 5.73 Å². The first-order chi connectivity index (χ1) is 11.6. The molecule has 4 aromatic rings. The first kappa shape index (κ1) is 14.3. The van der Waals surface area contributed by atoms with Crippen LogP contribution in [0, 0.1) is 12.7 Å². The predicted octanol–water partition coefficient (Wildman–Crippen LogP) is 2.88. The van der Waals surface area contributed by atoms with Crippen molar-refractivity contribution < 1.29 is 4.39 Å². The molecule has 0 saturated heterocycles. The molecule has 0 saturated carbocycles. The highest BCUT2D eigenvalue weighted by atomic mass is 19.1. The molecule has 118 valence electrons. The van der Waals surface area contributed by atoms with Gasteiger partial charge in [0, 0.05) is 17.5 Å². The molecule has 4 rings (SSSR count). The molecule has 0 unspecified atom stereocenters. The van der Waals surface area contributed by atoms with Crippen LogP contribution in [-0.4, -0.2) is 24.6 Å². The fourth-order valence-electron chi connectivity index (χ4n) is 2.69. The summed E-state index contributed by atoms with van der Waals surface area (Å²) < 4.78 is 14.8. The minimum absolute atomic E-state index is 0.219. The summed E-state index contributed by atoms with van der Waals surface area (Å²) >= 11 is 0. The Balaban J connectivity index is 2.08. The lowest BCUT2D eigenvalue weighted by atomic mass is 10.0. The second-order valence-corrected chi connectivity index (χ2v) is 5.38. The minimum Gasteiger partial charge on any atom is -0.368 e. The van der Waals surface area contributed by atoms with E-state index in [0.29, 0.717) is 11.3 Å². The lowest BCUT2D eigenvalue weighted by molar-refractivity contribution is 0.628. The average molecular weight is 320 g/mol. The molecular formula is C17H13FN6. The number of pyridine rings is 1. The van der Waals surface area contributed by atoms with Crippen molar-refractivity contribution in [2.24, 2.45) is 0 Å². The van der Waals surface area contributed by atoms with Crippen molar-refractivity contribution >= 4 is 11.6 Å². The van der Waals surface area contributed by atoms with Crippen LogP contribution in [0.2, 0.25) is 0 Å². The van der Waals surface area contributed by atoms with Crippen LogP contribution in [0.4, 0.5) is 10.3 Å². The summed E-state index contributed by atoms with van der Waals surface area (Å²) in [6, 6.07) is 9.94. The maximum absolute atomic E-state index is 13.3. The van der Waals surface area contributed by atoms with E-state index in [2.05, 4.69) is 20.1 Å². The zero-order chi connectivity index (χ0) is 16.7. The van der Waals surface area contributed by atoms with Gasteiger partial charge in [0.25, 0.3) is 0 Å². The Morgan fingerprint density at radius 2 is 1.83 bits per heavy atom. The van der Waals surface area contributed by atoms with Crippen LogP contribution in [0.3, 0.4) is 0 Å². The van der Waals surface area contributed by atoms with Gasteiger partial charge in [0.05, 0.1) is 11.3 Å². The normalized spacial score (nSPS) is 11.1. The third-order valence-corrected chi connectivity index (χ3v) is 3.75. The number of aryl methyl sites for hydroxylation is 1. The molecule has 0 bridgehead atoms. The van der Waals surface area contributed by atoms with Crippen molar-refractivity contribution in [3.8, 4) is 22.4 Å². The van der Waals surface area contributed by atoms with Crippen LogP contribution in [0.15, 0.2) is 48.9 Å². The zero-order valence-corrected chi connectivity index (χ0v) is 12.8. The third-order valence-electron chi connectivity index (χ3n) is 3.75. The maximum atomic E-state index is 13.3. The van der Waals surface area contributed by atoms with Crippen LogP contribution in [0.5, 0.6) is 0 Å². The van der Waals surface area contributed by atoms with Crippen molar-refractivity contribution in [1.82, 2.24) is 24.6 Å². The molecule has 6 nitrogen and oxygen atoms in total. The molecule has 1 aromatic carbocycles. The number of anilines is 1. The topological polar surface area (TPSA) is 82.0 Å². The molecular weight excluding hydrogens is 307 g/mol. The monoisotopic (exact) mass is 320 g/mol. The Bertz CT molecular complexity index is 1040. The van der Waals surface area contributed by atoms with Gasteiger partial charge in [-0.15, -0.1) is 0 Å². The Morgan fingerprint density at radius 1 is 1.04 bits per heavy atom. The zero-order valence-electron chi connectivity index (χ0n) is 12.8. The SMILES string of the molecule is Cc1cc(-c2c(-c3ccc(F)cc3)nc(N)n3ncnc23)ccn1. The Hall–Kier alpha value is -3.35. The summed E-state index contributed by atoms with van der Waals surface area (Å²) in [6.07, 6.45) is 3.15. The molecule has 3 heterocycles. The molecule has 0 radical (unpaired) electrons. The van der Waals surface area contributed by atoms with E-state index >= 15 is 0 Å². The van der Waals surface area contributed by atoms with Gasteiger partial charge in [-0.1, -0.05) is 0 Å². The fourth-order valence-corrected chi connectivity index (χ4v) is 2.69. The van der Waals surface area contributed by atoms with Gasteiger partial charge in [0.1, 0.15) is 12.1 Å².